The van der Waals surface area contributed by atoms with Gasteiger partial charge >= 0.3 is 0 Å². The van der Waals surface area contributed by atoms with Crippen LogP contribution in [0.25, 0.3) is 0 Å². The number of allylic oxidation sites excluding steroid dienone is 1. The largest absolute Gasteiger partial charge is 0.103 e. The first-order valence-corrected chi connectivity index (χ1v) is 2.91. The van der Waals surface area contributed by atoms with Crippen molar-refractivity contribution in [2.45, 2.75) is 6.42 Å². The highest BCUT2D eigenvalue weighted by Gasteiger charge is 1.83. The molecule has 0 amide bonds. The minimum Gasteiger partial charge on any atom is -0.103 e. The first-order chi connectivity index (χ1) is 4.43. The number of hydrogen-bond donors (Lipinski definition) is 0. The van der Waals surface area contributed by atoms with E-state index >= 15 is 0 Å². The Morgan fingerprint density at radius 1 is 1.67 bits per heavy atom. The highest BCUT2D eigenvalue weighted by atomic mass is 13.9. The summed E-state index contributed by atoms with van der Waals surface area (Å²) in [5.74, 6) is 0. The second kappa shape index (κ2) is 3.08. The molecule has 0 heteroatoms. The molecule has 0 aliphatic heterocycles. The molecule has 0 spiro atoms. The Balaban J connectivity index is 2.72. The van der Waals surface area contributed by atoms with E-state index in [1.807, 2.05) is 24.3 Å². The van der Waals surface area contributed by atoms with Crippen molar-refractivity contribution in [1.29, 1.82) is 0 Å². The van der Waals surface area contributed by atoms with Crippen LogP contribution in [0.5, 0.6) is 0 Å². The summed E-state index contributed by atoms with van der Waals surface area (Å²) in [6.07, 6.45) is 2.75. The average Bonchev–Trinajstić information content (AvgIpc) is 1.91. The quantitative estimate of drug-likeness (QED) is 0.518. The van der Waals surface area contributed by atoms with Crippen LogP contribution in [-0.2, 0) is 6.42 Å². The van der Waals surface area contributed by atoms with Crippen LogP contribution in [0, 0.1) is 12.1 Å². The van der Waals surface area contributed by atoms with Gasteiger partial charge in [0.15, 0.2) is 0 Å². The van der Waals surface area contributed by atoms with Crippen molar-refractivity contribution in [1.82, 2.24) is 0 Å². The van der Waals surface area contributed by atoms with Crippen LogP contribution in [-0.4, -0.2) is 0 Å². The van der Waals surface area contributed by atoms with Crippen molar-refractivity contribution in [3.05, 3.63) is 48.6 Å². The Bertz CT molecular complexity index is 174. The van der Waals surface area contributed by atoms with Gasteiger partial charge < -0.3 is 0 Å². The van der Waals surface area contributed by atoms with Crippen LogP contribution >= 0.6 is 0 Å². The highest BCUT2D eigenvalue weighted by molar-refractivity contribution is 5.14. The smallest absolute Gasteiger partial charge is 0.00608 e. The molecule has 1 aromatic rings. The van der Waals surface area contributed by atoms with E-state index in [1.165, 1.54) is 0 Å². The van der Waals surface area contributed by atoms with Crippen LogP contribution in [0.3, 0.4) is 0 Å². The summed E-state index contributed by atoms with van der Waals surface area (Å²) in [5, 5.41) is 0. The predicted octanol–water partition coefficient (Wildman–Crippen LogP) is 2.02. The SMILES string of the molecule is C=CCc1[c][c]ccc1. The maximum Gasteiger partial charge on any atom is -0.00608 e. The summed E-state index contributed by atoms with van der Waals surface area (Å²) in [5.41, 5.74) is 1.15. The first-order valence-electron chi connectivity index (χ1n) is 2.91. The average molecular weight is 116 g/mol. The van der Waals surface area contributed by atoms with E-state index in [0.717, 1.165) is 12.0 Å². The van der Waals surface area contributed by atoms with E-state index in [0.29, 0.717) is 0 Å². The molecule has 1 aromatic carbocycles. The topological polar surface area (TPSA) is 0 Å². The Morgan fingerprint density at radius 3 is 3.11 bits per heavy atom. The Labute approximate surface area is 55.8 Å². The minimum absolute atomic E-state index is 0.886. The van der Waals surface area contributed by atoms with E-state index in [-0.39, 0.29) is 0 Å². The van der Waals surface area contributed by atoms with Gasteiger partial charge in [-0.2, -0.15) is 0 Å². The molecule has 44 valence electrons. The van der Waals surface area contributed by atoms with Crippen molar-refractivity contribution in [3.8, 4) is 0 Å². The Morgan fingerprint density at radius 2 is 2.56 bits per heavy atom. The molecule has 0 saturated carbocycles. The summed E-state index contributed by atoms with van der Waals surface area (Å²) < 4.78 is 0. The highest BCUT2D eigenvalue weighted by Crippen LogP contribution is 1.96. The summed E-state index contributed by atoms with van der Waals surface area (Å²) in [6, 6.07) is 11.7. The van der Waals surface area contributed by atoms with Crippen LogP contribution < -0.4 is 0 Å². The van der Waals surface area contributed by atoms with Gasteiger partial charge in [-0.3, -0.25) is 0 Å². The van der Waals surface area contributed by atoms with Gasteiger partial charge in [0.2, 0.25) is 0 Å². The molecular weight excluding hydrogens is 108 g/mol. The predicted molar refractivity (Wildman–Crippen MR) is 38.0 cm³/mol. The number of rotatable bonds is 2. The molecule has 0 saturated heterocycles. The van der Waals surface area contributed by atoms with Gasteiger partial charge in [0.1, 0.15) is 0 Å². The van der Waals surface area contributed by atoms with Crippen molar-refractivity contribution in [2.24, 2.45) is 0 Å². The molecular formula is C9H8. The maximum atomic E-state index is 3.62. The van der Waals surface area contributed by atoms with Crippen molar-refractivity contribution >= 4 is 0 Å². The lowest BCUT2D eigenvalue weighted by atomic mass is 10.2. The molecule has 2 radical (unpaired) electrons. The monoisotopic (exact) mass is 116 g/mol. The molecule has 0 fully saturated rings. The molecule has 0 heterocycles. The molecule has 0 aliphatic rings. The van der Waals surface area contributed by atoms with Gasteiger partial charge in [-0.15, -0.1) is 6.58 Å². The van der Waals surface area contributed by atoms with Gasteiger partial charge in [-0.25, -0.2) is 0 Å². The normalized spacial score (nSPS) is 8.89. The molecule has 0 unspecified atom stereocenters. The number of benzene rings is 1. The zero-order valence-corrected chi connectivity index (χ0v) is 5.22. The molecule has 0 atom stereocenters. The lowest BCUT2D eigenvalue weighted by Gasteiger charge is -1.89. The molecule has 9 heavy (non-hydrogen) atoms. The van der Waals surface area contributed by atoms with Crippen molar-refractivity contribution in [3.63, 3.8) is 0 Å². The summed E-state index contributed by atoms with van der Waals surface area (Å²) >= 11 is 0. The Kier molecular flexibility index (Phi) is 2.08. The zero-order valence-electron chi connectivity index (χ0n) is 5.22. The van der Waals surface area contributed by atoms with Crippen LogP contribution in [0.1, 0.15) is 5.56 Å². The summed E-state index contributed by atoms with van der Waals surface area (Å²) in [7, 11) is 0. The van der Waals surface area contributed by atoms with Crippen molar-refractivity contribution < 1.29 is 0 Å². The molecule has 0 nitrogen and oxygen atoms in total. The van der Waals surface area contributed by atoms with E-state index in [1.54, 1.807) is 0 Å². The third kappa shape index (κ3) is 1.73. The third-order valence-electron chi connectivity index (χ3n) is 1.07. The van der Waals surface area contributed by atoms with Gasteiger partial charge in [-0.1, -0.05) is 24.3 Å². The molecule has 0 N–H and O–H groups in total. The lowest BCUT2D eigenvalue weighted by Crippen LogP contribution is -1.77. The van der Waals surface area contributed by atoms with Gasteiger partial charge in [0, 0.05) is 0 Å². The second-order valence-corrected chi connectivity index (χ2v) is 1.81. The fraction of sp³-hybridized carbons (Fsp3) is 0.111. The number of hydrogen-bond acceptors (Lipinski definition) is 0. The molecule has 1 rings (SSSR count). The van der Waals surface area contributed by atoms with Gasteiger partial charge in [0.05, 0.1) is 0 Å². The third-order valence-corrected chi connectivity index (χ3v) is 1.07. The molecule has 0 aliphatic carbocycles. The van der Waals surface area contributed by atoms with Crippen molar-refractivity contribution in [2.75, 3.05) is 0 Å². The van der Waals surface area contributed by atoms with E-state index in [2.05, 4.69) is 18.7 Å². The summed E-state index contributed by atoms with van der Waals surface area (Å²) in [4.78, 5) is 0. The van der Waals surface area contributed by atoms with E-state index < -0.39 is 0 Å². The molecule has 0 bridgehead atoms. The summed E-state index contributed by atoms with van der Waals surface area (Å²) in [6.45, 7) is 3.62. The van der Waals surface area contributed by atoms with E-state index in [4.69, 9.17) is 0 Å². The maximum absolute atomic E-state index is 3.62. The van der Waals surface area contributed by atoms with Crippen LogP contribution in [0.2, 0.25) is 0 Å². The lowest BCUT2D eigenvalue weighted by molar-refractivity contribution is 1.27. The second-order valence-electron chi connectivity index (χ2n) is 1.81. The van der Waals surface area contributed by atoms with Gasteiger partial charge in [-0.05, 0) is 24.1 Å². The first kappa shape index (κ1) is 6.09. The molecule has 0 aromatic heterocycles. The standard InChI is InChI=1S/C9H8/c1-2-6-9-7-4-3-5-8-9/h2-4,7H,1,6H2. The van der Waals surface area contributed by atoms with E-state index in [9.17, 15) is 0 Å². The fourth-order valence-electron chi connectivity index (χ4n) is 0.663. The van der Waals surface area contributed by atoms with Gasteiger partial charge in [0.25, 0.3) is 0 Å². The zero-order chi connectivity index (χ0) is 6.53. The Hall–Kier alpha value is -1.04. The fourth-order valence-corrected chi connectivity index (χ4v) is 0.663. The van der Waals surface area contributed by atoms with Crippen LogP contribution in [0.4, 0.5) is 0 Å². The van der Waals surface area contributed by atoms with Crippen LogP contribution in [0.15, 0.2) is 30.9 Å². The minimum atomic E-state index is 0.886.